The Morgan fingerprint density at radius 2 is 1.69 bits per heavy atom. The van der Waals surface area contributed by atoms with Gasteiger partial charge in [0.1, 0.15) is 5.75 Å². The van der Waals surface area contributed by atoms with Gasteiger partial charge in [0, 0.05) is 45.8 Å². The van der Waals surface area contributed by atoms with Gasteiger partial charge in [-0.05, 0) is 31.2 Å². The first-order valence-corrected chi connectivity index (χ1v) is 10.1. The van der Waals surface area contributed by atoms with E-state index in [0.717, 1.165) is 63.9 Å². The fourth-order valence-electron chi connectivity index (χ4n) is 3.03. The molecule has 0 spiro atoms. The highest BCUT2D eigenvalue weighted by molar-refractivity contribution is 5.79. The lowest BCUT2D eigenvalue weighted by Crippen LogP contribution is -2.49. The summed E-state index contributed by atoms with van der Waals surface area (Å²) in [6.07, 6.45) is -4.33. The van der Waals surface area contributed by atoms with Crippen LogP contribution in [0.3, 0.4) is 0 Å². The Kier molecular flexibility index (Phi) is 9.53. The van der Waals surface area contributed by atoms with Crippen molar-refractivity contribution >= 4 is 5.96 Å². The van der Waals surface area contributed by atoms with Gasteiger partial charge in [0.15, 0.2) is 12.6 Å². The topological polar surface area (TPSA) is 52.1 Å². The van der Waals surface area contributed by atoms with Crippen LogP contribution in [0.25, 0.3) is 0 Å². The molecule has 1 aromatic rings. The smallest absolute Gasteiger partial charge is 0.422 e. The standard InChI is InChI=1S/C20H32F3N5O/c1-3-24-19(25-9-10-28-13-11-27(4-2)12-14-28)26-15-17-5-7-18(8-6-17)29-16-20(21,22)23/h5-8H,3-4,9-16H2,1-2H3,(H2,24,25,26). The van der Waals surface area contributed by atoms with Crippen LogP contribution in [0.5, 0.6) is 5.75 Å². The molecular formula is C20H32F3N5O. The molecule has 9 heteroatoms. The third-order valence-corrected chi connectivity index (χ3v) is 4.72. The monoisotopic (exact) mass is 415 g/mol. The van der Waals surface area contributed by atoms with Crippen LogP contribution in [0.4, 0.5) is 13.2 Å². The highest BCUT2D eigenvalue weighted by atomic mass is 19.4. The molecule has 1 saturated heterocycles. The Balaban J connectivity index is 1.76. The summed E-state index contributed by atoms with van der Waals surface area (Å²) in [7, 11) is 0. The summed E-state index contributed by atoms with van der Waals surface area (Å²) >= 11 is 0. The van der Waals surface area contributed by atoms with E-state index < -0.39 is 12.8 Å². The maximum absolute atomic E-state index is 12.2. The zero-order chi connectivity index (χ0) is 21.1. The normalized spacial score (nSPS) is 16.7. The first-order chi connectivity index (χ1) is 13.9. The van der Waals surface area contributed by atoms with Crippen molar-refractivity contribution in [1.82, 2.24) is 20.4 Å². The highest BCUT2D eigenvalue weighted by Gasteiger charge is 2.28. The summed E-state index contributed by atoms with van der Waals surface area (Å²) in [6.45, 7) is 11.4. The number of likely N-dealkylation sites (N-methyl/N-ethyl adjacent to an activating group) is 1. The van der Waals surface area contributed by atoms with E-state index in [9.17, 15) is 13.2 Å². The van der Waals surface area contributed by atoms with Gasteiger partial charge in [-0.1, -0.05) is 19.1 Å². The summed E-state index contributed by atoms with van der Waals surface area (Å²) < 4.78 is 41.3. The summed E-state index contributed by atoms with van der Waals surface area (Å²) in [6, 6.07) is 6.53. The van der Waals surface area contributed by atoms with Gasteiger partial charge in [-0.25, -0.2) is 4.99 Å². The molecule has 0 atom stereocenters. The molecule has 1 fully saturated rings. The number of alkyl halides is 3. The molecule has 1 aliphatic rings. The van der Waals surface area contributed by atoms with E-state index in [1.54, 1.807) is 12.1 Å². The lowest BCUT2D eigenvalue weighted by Gasteiger charge is -2.34. The van der Waals surface area contributed by atoms with E-state index in [1.165, 1.54) is 12.1 Å². The minimum absolute atomic E-state index is 0.197. The predicted molar refractivity (Wildman–Crippen MR) is 109 cm³/mol. The third-order valence-electron chi connectivity index (χ3n) is 4.72. The number of nitrogens with zero attached hydrogens (tertiary/aromatic N) is 3. The molecule has 0 saturated carbocycles. The van der Waals surface area contributed by atoms with Gasteiger partial charge in [-0.3, -0.25) is 4.90 Å². The summed E-state index contributed by atoms with van der Waals surface area (Å²) in [5.74, 6) is 0.931. The van der Waals surface area contributed by atoms with Crippen molar-refractivity contribution in [2.24, 2.45) is 4.99 Å². The molecule has 0 radical (unpaired) electrons. The van der Waals surface area contributed by atoms with Crippen molar-refractivity contribution < 1.29 is 17.9 Å². The van der Waals surface area contributed by atoms with Gasteiger partial charge in [-0.15, -0.1) is 0 Å². The van der Waals surface area contributed by atoms with Gasteiger partial charge in [-0.2, -0.15) is 13.2 Å². The number of halogens is 3. The van der Waals surface area contributed by atoms with Crippen molar-refractivity contribution in [2.45, 2.75) is 26.6 Å². The molecular weight excluding hydrogens is 383 g/mol. The Hall–Kier alpha value is -2.00. The number of benzene rings is 1. The molecule has 2 rings (SSSR count). The number of rotatable bonds is 9. The molecule has 164 valence electrons. The van der Waals surface area contributed by atoms with E-state index in [2.05, 4.69) is 32.3 Å². The minimum atomic E-state index is -4.33. The molecule has 2 N–H and O–H groups in total. The molecule has 1 heterocycles. The van der Waals surface area contributed by atoms with Crippen LogP contribution in [0.1, 0.15) is 19.4 Å². The zero-order valence-electron chi connectivity index (χ0n) is 17.3. The molecule has 6 nitrogen and oxygen atoms in total. The van der Waals surface area contributed by atoms with Crippen molar-refractivity contribution in [3.05, 3.63) is 29.8 Å². The highest BCUT2D eigenvalue weighted by Crippen LogP contribution is 2.19. The Labute approximate surface area is 171 Å². The molecule has 0 amide bonds. The number of aliphatic imine (C=N–C) groups is 1. The molecule has 0 aromatic heterocycles. The number of guanidine groups is 1. The second kappa shape index (κ2) is 11.9. The van der Waals surface area contributed by atoms with Crippen LogP contribution < -0.4 is 15.4 Å². The Morgan fingerprint density at radius 3 is 2.28 bits per heavy atom. The van der Waals surface area contributed by atoms with E-state index in [0.29, 0.717) is 6.54 Å². The van der Waals surface area contributed by atoms with E-state index in [1.807, 2.05) is 6.92 Å². The summed E-state index contributed by atoms with van der Waals surface area (Å²) in [5, 5.41) is 6.56. The lowest BCUT2D eigenvalue weighted by atomic mass is 10.2. The summed E-state index contributed by atoms with van der Waals surface area (Å²) in [5.41, 5.74) is 0.900. The van der Waals surface area contributed by atoms with Crippen LogP contribution in [-0.2, 0) is 6.54 Å². The van der Waals surface area contributed by atoms with Crippen molar-refractivity contribution in [3.63, 3.8) is 0 Å². The number of piperazine rings is 1. The van der Waals surface area contributed by atoms with Crippen LogP contribution >= 0.6 is 0 Å². The average Bonchev–Trinajstić information content (AvgIpc) is 2.71. The minimum Gasteiger partial charge on any atom is -0.484 e. The number of ether oxygens (including phenoxy) is 1. The maximum Gasteiger partial charge on any atom is 0.422 e. The largest absolute Gasteiger partial charge is 0.484 e. The molecule has 0 unspecified atom stereocenters. The molecule has 0 aliphatic carbocycles. The number of hydrogen-bond donors (Lipinski definition) is 2. The van der Waals surface area contributed by atoms with Gasteiger partial charge >= 0.3 is 6.18 Å². The van der Waals surface area contributed by atoms with E-state index in [-0.39, 0.29) is 5.75 Å². The third kappa shape index (κ3) is 9.36. The second-order valence-electron chi connectivity index (χ2n) is 6.95. The zero-order valence-corrected chi connectivity index (χ0v) is 17.3. The quantitative estimate of drug-likeness (QED) is 0.479. The van der Waals surface area contributed by atoms with Crippen LogP contribution in [0.2, 0.25) is 0 Å². The SMILES string of the molecule is CCNC(=NCc1ccc(OCC(F)(F)F)cc1)NCCN1CCN(CC)CC1. The predicted octanol–water partition coefficient (Wildman–Crippen LogP) is 2.32. The van der Waals surface area contributed by atoms with Crippen LogP contribution in [-0.4, -0.2) is 80.9 Å². The lowest BCUT2D eigenvalue weighted by molar-refractivity contribution is -0.153. The van der Waals surface area contributed by atoms with Crippen molar-refractivity contribution in [1.29, 1.82) is 0 Å². The Morgan fingerprint density at radius 1 is 1.03 bits per heavy atom. The van der Waals surface area contributed by atoms with Gasteiger partial charge < -0.3 is 20.3 Å². The number of hydrogen-bond acceptors (Lipinski definition) is 4. The molecule has 29 heavy (non-hydrogen) atoms. The van der Waals surface area contributed by atoms with Crippen molar-refractivity contribution in [2.75, 3.05) is 59.0 Å². The van der Waals surface area contributed by atoms with Gasteiger partial charge in [0.25, 0.3) is 0 Å². The fraction of sp³-hybridized carbons (Fsp3) is 0.650. The first kappa shape index (κ1) is 23.3. The van der Waals surface area contributed by atoms with Crippen LogP contribution in [0, 0.1) is 0 Å². The van der Waals surface area contributed by atoms with E-state index >= 15 is 0 Å². The fourth-order valence-corrected chi connectivity index (χ4v) is 3.03. The molecule has 1 aromatic carbocycles. The first-order valence-electron chi connectivity index (χ1n) is 10.1. The average molecular weight is 416 g/mol. The van der Waals surface area contributed by atoms with Gasteiger partial charge in [0.05, 0.1) is 6.54 Å². The maximum atomic E-state index is 12.2. The van der Waals surface area contributed by atoms with E-state index in [4.69, 9.17) is 4.74 Å². The Bertz CT molecular complexity index is 614. The van der Waals surface area contributed by atoms with Crippen molar-refractivity contribution in [3.8, 4) is 5.75 Å². The molecule has 0 bridgehead atoms. The van der Waals surface area contributed by atoms with Crippen LogP contribution in [0.15, 0.2) is 29.3 Å². The summed E-state index contributed by atoms with van der Waals surface area (Å²) in [4.78, 5) is 9.45. The van der Waals surface area contributed by atoms with Gasteiger partial charge in [0.2, 0.25) is 0 Å². The molecule has 1 aliphatic heterocycles. The number of nitrogens with one attached hydrogen (secondary N) is 2. The second-order valence-corrected chi connectivity index (χ2v) is 6.95.